The van der Waals surface area contributed by atoms with E-state index in [4.69, 9.17) is 4.42 Å². The van der Waals surface area contributed by atoms with Crippen LogP contribution in [0.15, 0.2) is 33.2 Å². The van der Waals surface area contributed by atoms with Crippen LogP contribution in [-0.2, 0) is 6.54 Å². The lowest BCUT2D eigenvalue weighted by molar-refractivity contribution is 0.493. The van der Waals surface area contributed by atoms with Crippen LogP contribution in [-0.4, -0.2) is 6.54 Å². The lowest BCUT2D eigenvalue weighted by Gasteiger charge is -2.07. The minimum Gasteiger partial charge on any atom is -0.460 e. The second-order valence-electron chi connectivity index (χ2n) is 4.88. The van der Waals surface area contributed by atoms with Crippen LogP contribution in [0.25, 0.3) is 11.3 Å². The molecule has 0 saturated heterocycles. The van der Waals surface area contributed by atoms with Crippen LogP contribution in [0.3, 0.4) is 0 Å². The van der Waals surface area contributed by atoms with Gasteiger partial charge in [-0.3, -0.25) is 0 Å². The molecule has 1 aromatic carbocycles. The summed E-state index contributed by atoms with van der Waals surface area (Å²) in [7, 11) is 0. The van der Waals surface area contributed by atoms with E-state index in [2.05, 4.69) is 54.2 Å². The second kappa shape index (κ2) is 6.40. The summed E-state index contributed by atoms with van der Waals surface area (Å²) in [6.45, 7) is 8.18. The molecule has 0 fully saturated rings. The molecule has 0 saturated carbocycles. The van der Waals surface area contributed by atoms with Gasteiger partial charge >= 0.3 is 0 Å². The number of hydrogen-bond donors (Lipinski definition) is 1. The van der Waals surface area contributed by atoms with Gasteiger partial charge in [0.05, 0.1) is 6.54 Å². The number of rotatable bonds is 5. The number of aryl methyl sites for hydroxylation is 2. The van der Waals surface area contributed by atoms with Crippen molar-refractivity contribution in [1.29, 1.82) is 0 Å². The molecule has 0 spiro atoms. The van der Waals surface area contributed by atoms with E-state index in [9.17, 15) is 0 Å². The van der Waals surface area contributed by atoms with Crippen LogP contribution in [0.5, 0.6) is 0 Å². The van der Waals surface area contributed by atoms with Crippen LogP contribution < -0.4 is 5.32 Å². The monoisotopic (exact) mass is 321 g/mol. The van der Waals surface area contributed by atoms with Crippen LogP contribution >= 0.6 is 15.9 Å². The Morgan fingerprint density at radius 3 is 2.68 bits per heavy atom. The highest BCUT2D eigenvalue weighted by Gasteiger charge is 2.11. The van der Waals surface area contributed by atoms with Gasteiger partial charge in [0.15, 0.2) is 0 Å². The number of benzene rings is 1. The maximum Gasteiger partial charge on any atom is 0.135 e. The summed E-state index contributed by atoms with van der Waals surface area (Å²) in [4.78, 5) is 0. The number of hydrogen-bond acceptors (Lipinski definition) is 2. The van der Waals surface area contributed by atoms with E-state index in [1.54, 1.807) is 0 Å². The smallest absolute Gasteiger partial charge is 0.135 e. The van der Waals surface area contributed by atoms with Gasteiger partial charge in [-0.2, -0.15) is 0 Å². The minimum atomic E-state index is 0.788. The molecule has 0 atom stereocenters. The molecule has 19 heavy (non-hydrogen) atoms. The maximum absolute atomic E-state index is 5.93. The fourth-order valence-corrected chi connectivity index (χ4v) is 3.09. The summed E-state index contributed by atoms with van der Waals surface area (Å²) in [5, 5.41) is 3.35. The maximum atomic E-state index is 5.93. The number of nitrogens with one attached hydrogen (secondary N) is 1. The molecule has 0 bridgehead atoms. The van der Waals surface area contributed by atoms with E-state index in [0.29, 0.717) is 0 Å². The molecule has 2 nitrogen and oxygen atoms in total. The molecule has 0 unspecified atom stereocenters. The molecule has 2 rings (SSSR count). The average Bonchev–Trinajstić information content (AvgIpc) is 2.76. The van der Waals surface area contributed by atoms with Crippen molar-refractivity contribution in [2.75, 3.05) is 6.54 Å². The highest BCUT2D eigenvalue weighted by molar-refractivity contribution is 9.10. The van der Waals surface area contributed by atoms with Gasteiger partial charge in [0, 0.05) is 10.0 Å². The zero-order chi connectivity index (χ0) is 13.8. The van der Waals surface area contributed by atoms with Crippen molar-refractivity contribution in [2.45, 2.75) is 33.7 Å². The topological polar surface area (TPSA) is 25.2 Å². The number of furan rings is 1. The Labute approximate surface area is 123 Å². The first-order valence-electron chi connectivity index (χ1n) is 6.68. The lowest BCUT2D eigenvalue weighted by atomic mass is 10.0. The average molecular weight is 322 g/mol. The summed E-state index contributed by atoms with van der Waals surface area (Å²) in [5.74, 6) is 1.91. The Bertz CT molecular complexity index is 537. The van der Waals surface area contributed by atoms with Gasteiger partial charge in [0.25, 0.3) is 0 Å². The van der Waals surface area contributed by atoms with Crippen molar-refractivity contribution in [3.8, 4) is 11.3 Å². The zero-order valence-corrected chi connectivity index (χ0v) is 13.3. The fraction of sp³-hybridized carbons (Fsp3) is 0.375. The van der Waals surface area contributed by atoms with Crippen molar-refractivity contribution in [2.24, 2.45) is 0 Å². The Balaban J connectivity index is 2.23. The predicted molar refractivity (Wildman–Crippen MR) is 83.3 cm³/mol. The third-order valence-electron chi connectivity index (χ3n) is 3.07. The van der Waals surface area contributed by atoms with Crippen LogP contribution in [0, 0.1) is 13.8 Å². The fourth-order valence-electron chi connectivity index (χ4n) is 2.22. The molecule has 3 heteroatoms. The third kappa shape index (κ3) is 3.48. The van der Waals surface area contributed by atoms with Gasteiger partial charge < -0.3 is 9.73 Å². The molecule has 1 aromatic heterocycles. The van der Waals surface area contributed by atoms with Crippen LogP contribution in [0.4, 0.5) is 0 Å². The van der Waals surface area contributed by atoms with Crippen molar-refractivity contribution in [1.82, 2.24) is 5.32 Å². The molecule has 2 aromatic rings. The minimum absolute atomic E-state index is 0.788. The van der Waals surface area contributed by atoms with Crippen LogP contribution in [0.2, 0.25) is 0 Å². The predicted octanol–water partition coefficient (Wildman–Crippen LogP) is 4.83. The Hall–Kier alpha value is -1.06. The van der Waals surface area contributed by atoms with Crippen molar-refractivity contribution >= 4 is 15.9 Å². The molecular formula is C16H20BrNO. The largest absolute Gasteiger partial charge is 0.460 e. The summed E-state index contributed by atoms with van der Waals surface area (Å²) in [6.07, 6.45) is 1.14. The van der Waals surface area contributed by atoms with E-state index < -0.39 is 0 Å². The van der Waals surface area contributed by atoms with Gasteiger partial charge in [-0.15, -0.1) is 0 Å². The molecule has 0 radical (unpaired) electrons. The molecular weight excluding hydrogens is 302 g/mol. The molecule has 0 aliphatic carbocycles. The Kier molecular flexibility index (Phi) is 4.83. The van der Waals surface area contributed by atoms with E-state index in [1.807, 2.05) is 12.1 Å². The second-order valence-corrected chi connectivity index (χ2v) is 5.74. The normalized spacial score (nSPS) is 10.9. The van der Waals surface area contributed by atoms with Crippen LogP contribution in [0.1, 0.15) is 30.2 Å². The van der Waals surface area contributed by atoms with Gasteiger partial charge in [0.1, 0.15) is 11.5 Å². The zero-order valence-electron chi connectivity index (χ0n) is 11.7. The molecule has 1 heterocycles. The first-order valence-corrected chi connectivity index (χ1v) is 7.47. The van der Waals surface area contributed by atoms with Gasteiger partial charge in [-0.05, 0) is 56.1 Å². The molecule has 0 aliphatic heterocycles. The summed E-state index contributed by atoms with van der Waals surface area (Å²) >= 11 is 3.63. The van der Waals surface area contributed by atoms with Gasteiger partial charge in [0.2, 0.25) is 0 Å². The highest BCUT2D eigenvalue weighted by Crippen LogP contribution is 2.33. The van der Waals surface area contributed by atoms with E-state index in [1.165, 1.54) is 11.1 Å². The van der Waals surface area contributed by atoms with E-state index in [0.717, 1.165) is 41.1 Å². The van der Waals surface area contributed by atoms with E-state index in [-0.39, 0.29) is 0 Å². The quantitative estimate of drug-likeness (QED) is 0.798. The summed E-state index contributed by atoms with van der Waals surface area (Å²) < 4.78 is 7.02. The molecule has 0 amide bonds. The highest BCUT2D eigenvalue weighted by atomic mass is 79.9. The first-order chi connectivity index (χ1) is 9.11. The Morgan fingerprint density at radius 2 is 2.00 bits per heavy atom. The standard InChI is InChI=1S/C16H20BrNO/c1-4-7-18-10-13-5-6-15(19-13)16-12(3)8-11(2)9-14(16)17/h5-6,8-9,18H,4,7,10H2,1-3H3. The van der Waals surface area contributed by atoms with Gasteiger partial charge in [-0.1, -0.05) is 28.9 Å². The van der Waals surface area contributed by atoms with Gasteiger partial charge in [-0.25, -0.2) is 0 Å². The summed E-state index contributed by atoms with van der Waals surface area (Å²) in [5.41, 5.74) is 3.63. The molecule has 0 aliphatic rings. The lowest BCUT2D eigenvalue weighted by Crippen LogP contribution is -2.12. The summed E-state index contributed by atoms with van der Waals surface area (Å²) in [6, 6.07) is 8.40. The molecule has 1 N–H and O–H groups in total. The van der Waals surface area contributed by atoms with E-state index >= 15 is 0 Å². The number of halogens is 1. The SMILES string of the molecule is CCCNCc1ccc(-c2c(C)cc(C)cc2Br)o1. The molecule has 102 valence electrons. The van der Waals surface area contributed by atoms with Crippen molar-refractivity contribution < 1.29 is 4.42 Å². The first kappa shape index (κ1) is 14.4. The Morgan fingerprint density at radius 1 is 1.21 bits per heavy atom. The van der Waals surface area contributed by atoms with Crippen molar-refractivity contribution in [3.05, 3.63) is 45.6 Å². The van der Waals surface area contributed by atoms with Crippen molar-refractivity contribution in [3.63, 3.8) is 0 Å². The third-order valence-corrected chi connectivity index (χ3v) is 3.69.